The van der Waals surface area contributed by atoms with Gasteiger partial charge >= 0.3 is 29.6 Å². The Bertz CT molecular complexity index is 1620. The Kier molecular flexibility index (Phi) is 9.99. The third kappa shape index (κ3) is 7.71. The van der Waals surface area contributed by atoms with Gasteiger partial charge in [0.1, 0.15) is 0 Å². The van der Waals surface area contributed by atoms with Gasteiger partial charge in [0, 0.05) is 5.92 Å². The molecule has 1 fully saturated rings. The summed E-state index contributed by atoms with van der Waals surface area (Å²) in [5, 5.41) is 3.25. The maximum atomic E-state index is 12.5. The summed E-state index contributed by atoms with van der Waals surface area (Å²) in [7, 11) is -3.92. The van der Waals surface area contributed by atoms with Crippen LogP contribution in [0.5, 0.6) is 0 Å². The molecule has 2 aliphatic rings. The average molecular weight is 580 g/mol. The van der Waals surface area contributed by atoms with E-state index < -0.39 is 15.9 Å². The number of hydrogen-bond acceptors (Lipinski definition) is 6. The number of amides is 2. The zero-order valence-corrected chi connectivity index (χ0v) is 25.4. The molecule has 0 aromatic heterocycles. The number of hydrogen-bond donors (Lipinski definition) is 2. The van der Waals surface area contributed by atoms with Crippen LogP contribution >= 0.6 is 11.8 Å². The molecular formula is C30H26N3NaO4S2. The number of benzene rings is 3. The number of nitrogens with one attached hydrogen (secondary N) is 2. The van der Waals surface area contributed by atoms with E-state index in [-0.39, 0.29) is 48.2 Å². The van der Waals surface area contributed by atoms with Gasteiger partial charge < -0.3 is 6.74 Å². The molecule has 0 spiro atoms. The zero-order chi connectivity index (χ0) is 27.2. The monoisotopic (exact) mass is 579 g/mol. The van der Waals surface area contributed by atoms with Crippen molar-refractivity contribution >= 4 is 44.5 Å². The smallest absolute Gasteiger partial charge is 1.00 e. The Morgan fingerprint density at radius 1 is 1.02 bits per heavy atom. The number of sulfonamides is 1. The first kappa shape index (κ1) is 29.8. The van der Waals surface area contributed by atoms with Crippen LogP contribution in [0.1, 0.15) is 24.9 Å². The van der Waals surface area contributed by atoms with Crippen LogP contribution in [-0.4, -0.2) is 25.4 Å². The quantitative estimate of drug-likeness (QED) is 0.330. The molecule has 10 heteroatoms. The first-order valence-electron chi connectivity index (χ1n) is 12.3. The van der Waals surface area contributed by atoms with Crippen molar-refractivity contribution in [2.24, 2.45) is 4.99 Å². The first-order chi connectivity index (χ1) is 18.9. The third-order valence-corrected chi connectivity index (χ3v) is 8.44. The Morgan fingerprint density at radius 2 is 1.70 bits per heavy atom. The number of allylic oxidation sites excluding steroid dienone is 5. The minimum atomic E-state index is -3.92. The average Bonchev–Trinajstić information content (AvgIpc) is 3.29. The molecule has 1 aliphatic heterocycles. The molecule has 0 radical (unpaired) electrons. The summed E-state index contributed by atoms with van der Waals surface area (Å²) < 4.78 is 26.8. The summed E-state index contributed by atoms with van der Waals surface area (Å²) in [6.07, 6.45) is 8.97. The number of thioether (sulfide) groups is 1. The molecule has 1 heterocycles. The summed E-state index contributed by atoms with van der Waals surface area (Å²) in [6.45, 7) is 0. The standard InChI is InChI=1S/C30H25N3O4S2.Na.H/c34-28(33-39(36,37)26-9-5-2-6-10-26)20-22-13-17-25(18-14-22)31-30-32-29(35)27(38-30)19-21-11-15-24(16-12-21)23-7-3-1-4-8-23;;/h1-15,17-19,24H,16,20H2,(H,33,34)(H,31,32,35);;/q;+1;-1/b27-19-;;. The number of carbonyl (C=O) groups excluding carboxylic acids is 2. The Balaban J connectivity index is 0.00000231. The predicted molar refractivity (Wildman–Crippen MR) is 155 cm³/mol. The van der Waals surface area contributed by atoms with Crippen molar-refractivity contribution in [1.82, 2.24) is 10.0 Å². The minimum absolute atomic E-state index is 0. The SMILES string of the molecule is O=C(Cc1ccc(N=C2NC(=O)/C(=C/C3=CCC(c4ccccc4)C=C3)S2)cc1)NS(=O)(=O)c1ccccc1.[H-].[Na+]. The topological polar surface area (TPSA) is 105 Å². The van der Waals surface area contributed by atoms with E-state index in [1.54, 1.807) is 42.5 Å². The molecule has 1 atom stereocenters. The van der Waals surface area contributed by atoms with Gasteiger partial charge in [-0.05, 0) is 65.2 Å². The maximum Gasteiger partial charge on any atom is 1.00 e. The first-order valence-corrected chi connectivity index (χ1v) is 14.6. The molecular weight excluding hydrogens is 553 g/mol. The number of carbonyl (C=O) groups is 2. The molecule has 0 saturated carbocycles. The van der Waals surface area contributed by atoms with Crippen molar-refractivity contribution in [3.05, 3.63) is 131 Å². The van der Waals surface area contributed by atoms with Gasteiger partial charge in [-0.15, -0.1) is 0 Å². The second-order valence-electron chi connectivity index (χ2n) is 8.98. The molecule has 3 aromatic rings. The molecule has 2 N–H and O–H groups in total. The maximum absolute atomic E-state index is 12.5. The second-order valence-corrected chi connectivity index (χ2v) is 11.7. The van der Waals surface area contributed by atoms with Crippen molar-refractivity contribution in [2.45, 2.75) is 23.7 Å². The van der Waals surface area contributed by atoms with E-state index in [0.717, 1.165) is 12.0 Å². The predicted octanol–water partition coefficient (Wildman–Crippen LogP) is 2.26. The van der Waals surface area contributed by atoms with Gasteiger partial charge in [0.25, 0.3) is 15.9 Å². The van der Waals surface area contributed by atoms with E-state index in [2.05, 4.69) is 39.3 Å². The van der Waals surface area contributed by atoms with E-state index in [0.29, 0.717) is 27.2 Å². The van der Waals surface area contributed by atoms with Crippen LogP contribution in [0.25, 0.3) is 0 Å². The van der Waals surface area contributed by atoms with Gasteiger partial charge in [0.2, 0.25) is 5.91 Å². The Hall–Kier alpha value is -3.21. The molecule has 40 heavy (non-hydrogen) atoms. The van der Waals surface area contributed by atoms with Gasteiger partial charge in [0.05, 0.1) is 21.9 Å². The molecule has 3 aromatic carbocycles. The summed E-state index contributed by atoms with van der Waals surface area (Å²) in [4.78, 5) is 29.9. The van der Waals surface area contributed by atoms with E-state index in [1.807, 2.05) is 30.4 Å². The number of nitrogens with zero attached hydrogens (tertiary/aromatic N) is 1. The van der Waals surface area contributed by atoms with Gasteiger partial charge in [-0.2, -0.15) is 0 Å². The van der Waals surface area contributed by atoms with Crippen LogP contribution in [-0.2, 0) is 26.0 Å². The van der Waals surface area contributed by atoms with E-state index in [1.165, 1.54) is 29.5 Å². The zero-order valence-electron chi connectivity index (χ0n) is 22.8. The van der Waals surface area contributed by atoms with E-state index >= 15 is 0 Å². The van der Waals surface area contributed by atoms with Crippen LogP contribution in [0.2, 0.25) is 0 Å². The number of rotatable bonds is 7. The normalized spacial score (nSPS) is 18.6. The van der Waals surface area contributed by atoms with Crippen LogP contribution in [0, 0.1) is 0 Å². The van der Waals surface area contributed by atoms with Crippen LogP contribution in [0.3, 0.4) is 0 Å². The third-order valence-electron chi connectivity index (χ3n) is 6.14. The number of aliphatic imine (C=N–C) groups is 1. The summed E-state index contributed by atoms with van der Waals surface area (Å²) in [5.41, 5.74) is 3.48. The number of amidine groups is 1. The fourth-order valence-corrected chi connectivity index (χ4v) is 6.01. The van der Waals surface area contributed by atoms with Gasteiger partial charge in [0.15, 0.2) is 5.17 Å². The molecule has 1 saturated heterocycles. The summed E-state index contributed by atoms with van der Waals surface area (Å²) >= 11 is 1.27. The molecule has 5 rings (SSSR count). The van der Waals surface area contributed by atoms with Crippen molar-refractivity contribution in [3.8, 4) is 0 Å². The molecule has 2 amide bonds. The van der Waals surface area contributed by atoms with Crippen molar-refractivity contribution in [2.75, 3.05) is 0 Å². The molecule has 7 nitrogen and oxygen atoms in total. The van der Waals surface area contributed by atoms with Crippen LogP contribution < -0.4 is 39.6 Å². The summed E-state index contributed by atoms with van der Waals surface area (Å²) in [6, 6.07) is 24.9. The Labute approximate surface area is 261 Å². The Morgan fingerprint density at radius 3 is 2.35 bits per heavy atom. The largest absolute Gasteiger partial charge is 1.00 e. The van der Waals surface area contributed by atoms with E-state index in [9.17, 15) is 18.0 Å². The molecule has 198 valence electrons. The summed E-state index contributed by atoms with van der Waals surface area (Å²) in [5.74, 6) is -0.503. The molecule has 0 bridgehead atoms. The van der Waals surface area contributed by atoms with Crippen LogP contribution in [0.15, 0.2) is 130 Å². The minimum Gasteiger partial charge on any atom is -1.00 e. The molecule has 1 unspecified atom stereocenters. The van der Waals surface area contributed by atoms with E-state index in [4.69, 9.17) is 0 Å². The van der Waals surface area contributed by atoms with Crippen molar-refractivity contribution in [3.63, 3.8) is 0 Å². The van der Waals surface area contributed by atoms with Crippen molar-refractivity contribution in [1.29, 1.82) is 0 Å². The van der Waals surface area contributed by atoms with Gasteiger partial charge in [-0.25, -0.2) is 18.1 Å². The fourth-order valence-electron chi connectivity index (χ4n) is 4.16. The fraction of sp³-hybridized carbons (Fsp3) is 0.100. The van der Waals surface area contributed by atoms with Crippen LogP contribution in [0.4, 0.5) is 5.69 Å². The van der Waals surface area contributed by atoms with Gasteiger partial charge in [-0.1, -0.05) is 78.9 Å². The van der Waals surface area contributed by atoms with Gasteiger partial charge in [-0.3, -0.25) is 9.59 Å². The second kappa shape index (κ2) is 13.4. The molecule has 1 aliphatic carbocycles. The van der Waals surface area contributed by atoms with Crippen molar-refractivity contribution < 1.29 is 49.0 Å².